The molecule has 0 aliphatic carbocycles. The third-order valence-electron chi connectivity index (χ3n) is 5.73. The van der Waals surface area contributed by atoms with Gasteiger partial charge in [-0.1, -0.05) is 91.0 Å². The minimum Gasteiger partial charge on any atom is -0.468 e. The largest absolute Gasteiger partial charge is 0.468 e. The van der Waals surface area contributed by atoms with Gasteiger partial charge in [0.05, 0.1) is 12.6 Å². The molecule has 0 unspecified atom stereocenters. The summed E-state index contributed by atoms with van der Waals surface area (Å²) >= 11 is 0. The number of benzene rings is 3. The van der Waals surface area contributed by atoms with Crippen LogP contribution in [0.1, 0.15) is 23.1 Å². The van der Waals surface area contributed by atoms with Gasteiger partial charge in [0.1, 0.15) is 12.2 Å². The van der Waals surface area contributed by atoms with Gasteiger partial charge in [0, 0.05) is 13.0 Å². The van der Waals surface area contributed by atoms with Crippen molar-refractivity contribution in [1.29, 1.82) is 0 Å². The number of rotatable bonds is 5. The molecule has 2 atom stereocenters. The third-order valence-corrected chi connectivity index (χ3v) is 5.73. The van der Waals surface area contributed by atoms with Crippen LogP contribution < -0.4 is 0 Å². The van der Waals surface area contributed by atoms with Crippen LogP contribution in [0.2, 0.25) is 0 Å². The van der Waals surface area contributed by atoms with Gasteiger partial charge in [0.2, 0.25) is 0 Å². The summed E-state index contributed by atoms with van der Waals surface area (Å²) in [6, 6.07) is 29.3. The number of likely N-dealkylation sites (tertiary alicyclic amines) is 1. The quantitative estimate of drug-likeness (QED) is 0.473. The zero-order valence-corrected chi connectivity index (χ0v) is 16.4. The Morgan fingerprint density at radius 2 is 1.28 bits per heavy atom. The molecule has 0 amide bonds. The second-order valence-corrected chi connectivity index (χ2v) is 7.33. The summed E-state index contributed by atoms with van der Waals surface area (Å²) in [5.41, 5.74) is 2.14. The summed E-state index contributed by atoms with van der Waals surface area (Å²) in [4.78, 5) is 14.7. The molecule has 0 saturated carbocycles. The van der Waals surface area contributed by atoms with Gasteiger partial charge in [-0.15, -0.1) is 0 Å². The van der Waals surface area contributed by atoms with Crippen molar-refractivity contribution in [3.8, 4) is 0 Å². The maximum Gasteiger partial charge on any atom is 0.323 e. The maximum absolute atomic E-state index is 14.7. The van der Waals surface area contributed by atoms with E-state index in [9.17, 15) is 9.18 Å². The Labute approximate surface area is 170 Å². The van der Waals surface area contributed by atoms with E-state index in [0.29, 0.717) is 0 Å². The Bertz CT molecular complexity index is 850. The number of hydrogen-bond acceptors (Lipinski definition) is 3. The van der Waals surface area contributed by atoms with E-state index in [4.69, 9.17) is 4.74 Å². The van der Waals surface area contributed by atoms with Crippen molar-refractivity contribution < 1.29 is 13.9 Å². The Kier molecular flexibility index (Phi) is 5.45. The zero-order chi connectivity index (χ0) is 20.3. The molecule has 0 bridgehead atoms. The zero-order valence-electron chi connectivity index (χ0n) is 16.4. The number of nitrogens with zero attached hydrogens (tertiary/aromatic N) is 1. The standard InChI is InChI=1S/C25H24FNO2/c1-29-24(28)23-17-22(26)18-27(23)25(19-11-5-2-6-12-19,20-13-7-3-8-14-20)21-15-9-4-10-16-21/h2-16,22-23H,17-18H2,1H3/t22-,23-/m0/s1. The van der Waals surface area contributed by atoms with E-state index < -0.39 is 23.7 Å². The van der Waals surface area contributed by atoms with E-state index in [1.165, 1.54) is 7.11 Å². The van der Waals surface area contributed by atoms with Crippen molar-refractivity contribution in [3.05, 3.63) is 108 Å². The molecule has 1 heterocycles. The summed E-state index contributed by atoms with van der Waals surface area (Å²) in [7, 11) is 1.36. The van der Waals surface area contributed by atoms with Crippen LogP contribution in [0.5, 0.6) is 0 Å². The first-order valence-electron chi connectivity index (χ1n) is 9.83. The van der Waals surface area contributed by atoms with Gasteiger partial charge in [-0.25, -0.2) is 4.39 Å². The van der Waals surface area contributed by atoms with Crippen molar-refractivity contribution in [3.63, 3.8) is 0 Å². The van der Waals surface area contributed by atoms with Gasteiger partial charge in [-0.2, -0.15) is 0 Å². The average molecular weight is 389 g/mol. The topological polar surface area (TPSA) is 29.5 Å². The summed E-state index contributed by atoms with van der Waals surface area (Å²) in [6.45, 7) is 0.151. The van der Waals surface area contributed by atoms with E-state index in [1.54, 1.807) is 0 Å². The molecule has 0 aromatic heterocycles. The number of methoxy groups -OCH3 is 1. The van der Waals surface area contributed by atoms with Gasteiger partial charge in [-0.3, -0.25) is 9.69 Å². The van der Waals surface area contributed by atoms with Crippen LogP contribution in [0.25, 0.3) is 0 Å². The Hall–Kier alpha value is -2.98. The predicted molar refractivity (Wildman–Crippen MR) is 111 cm³/mol. The van der Waals surface area contributed by atoms with Crippen molar-refractivity contribution in [2.24, 2.45) is 0 Å². The molecule has 1 saturated heterocycles. The molecule has 3 aromatic rings. The molecule has 0 spiro atoms. The minimum absolute atomic E-state index is 0.126. The lowest BCUT2D eigenvalue weighted by Gasteiger charge is -2.45. The first-order chi connectivity index (χ1) is 14.2. The SMILES string of the molecule is COC(=O)[C@@H]1C[C@H](F)CN1C(c1ccccc1)(c1ccccc1)c1ccccc1. The van der Waals surface area contributed by atoms with Crippen molar-refractivity contribution >= 4 is 5.97 Å². The Morgan fingerprint density at radius 3 is 1.66 bits per heavy atom. The molecule has 3 aromatic carbocycles. The van der Waals surface area contributed by atoms with Crippen LogP contribution in [0.4, 0.5) is 4.39 Å². The summed E-state index contributed by atoms with van der Waals surface area (Å²) < 4.78 is 19.8. The van der Waals surface area contributed by atoms with E-state index in [0.717, 1.165) is 16.7 Å². The molecular weight excluding hydrogens is 365 g/mol. The highest BCUT2D eigenvalue weighted by Crippen LogP contribution is 2.46. The molecular formula is C25H24FNO2. The first-order valence-corrected chi connectivity index (χ1v) is 9.83. The molecule has 4 rings (SSSR count). The van der Waals surface area contributed by atoms with E-state index in [2.05, 4.69) is 0 Å². The molecule has 4 heteroatoms. The number of halogens is 1. The van der Waals surface area contributed by atoms with E-state index in [1.807, 2.05) is 95.9 Å². The Balaban J connectivity index is 2.04. The lowest BCUT2D eigenvalue weighted by atomic mass is 9.75. The number of carbonyl (C=O) groups excluding carboxylic acids is 1. The average Bonchev–Trinajstić information content (AvgIpc) is 3.18. The lowest BCUT2D eigenvalue weighted by Crippen LogP contribution is -2.53. The van der Waals surface area contributed by atoms with Gasteiger partial charge in [0.25, 0.3) is 0 Å². The highest BCUT2D eigenvalue weighted by Gasteiger charge is 2.51. The highest BCUT2D eigenvalue weighted by molar-refractivity contribution is 5.77. The molecule has 1 fully saturated rings. The maximum atomic E-state index is 14.7. The van der Waals surface area contributed by atoms with Crippen molar-refractivity contribution in [2.75, 3.05) is 13.7 Å². The number of carbonyl (C=O) groups is 1. The van der Waals surface area contributed by atoms with Gasteiger partial charge in [-0.05, 0) is 16.7 Å². The van der Waals surface area contributed by atoms with E-state index >= 15 is 0 Å². The second-order valence-electron chi connectivity index (χ2n) is 7.33. The molecule has 1 aliphatic rings. The molecule has 0 radical (unpaired) electrons. The Morgan fingerprint density at radius 1 is 0.862 bits per heavy atom. The number of hydrogen-bond donors (Lipinski definition) is 0. The van der Waals surface area contributed by atoms with Crippen molar-refractivity contribution in [1.82, 2.24) is 4.90 Å². The van der Waals surface area contributed by atoms with Crippen LogP contribution in [-0.2, 0) is 15.1 Å². The van der Waals surface area contributed by atoms with Gasteiger partial charge in [0.15, 0.2) is 0 Å². The molecule has 1 aliphatic heterocycles. The van der Waals surface area contributed by atoms with Crippen LogP contribution in [0.3, 0.4) is 0 Å². The molecule has 0 N–H and O–H groups in total. The highest BCUT2D eigenvalue weighted by atomic mass is 19.1. The van der Waals surface area contributed by atoms with Gasteiger partial charge < -0.3 is 4.74 Å². The molecule has 148 valence electrons. The smallest absolute Gasteiger partial charge is 0.323 e. The fourth-order valence-corrected chi connectivity index (χ4v) is 4.55. The van der Waals surface area contributed by atoms with Crippen LogP contribution in [0.15, 0.2) is 91.0 Å². The summed E-state index contributed by atoms with van der Waals surface area (Å²) in [5.74, 6) is -0.405. The van der Waals surface area contributed by atoms with Crippen LogP contribution in [-0.4, -0.2) is 36.7 Å². The van der Waals surface area contributed by atoms with Gasteiger partial charge >= 0.3 is 5.97 Å². The predicted octanol–water partition coefficient (Wildman–Crippen LogP) is 4.56. The first kappa shape index (κ1) is 19.3. The molecule has 29 heavy (non-hydrogen) atoms. The lowest BCUT2D eigenvalue weighted by molar-refractivity contribution is -0.147. The van der Waals surface area contributed by atoms with E-state index in [-0.39, 0.29) is 13.0 Å². The minimum atomic E-state index is -1.10. The monoisotopic (exact) mass is 389 g/mol. The van der Waals surface area contributed by atoms with Crippen LogP contribution >= 0.6 is 0 Å². The molecule has 3 nitrogen and oxygen atoms in total. The second kappa shape index (κ2) is 8.18. The summed E-state index contributed by atoms with van der Waals surface area (Å²) in [5, 5.41) is 0. The fraction of sp³-hybridized carbons (Fsp3) is 0.240. The summed E-state index contributed by atoms with van der Waals surface area (Å²) in [6.07, 6.45) is -0.976. The van der Waals surface area contributed by atoms with Crippen molar-refractivity contribution in [2.45, 2.75) is 24.2 Å². The number of ether oxygens (including phenoxy) is 1. The fourth-order valence-electron chi connectivity index (χ4n) is 4.55. The number of esters is 1. The third kappa shape index (κ3) is 3.34. The number of alkyl halides is 1. The van der Waals surface area contributed by atoms with Crippen LogP contribution in [0, 0.1) is 0 Å². The normalized spacial score (nSPS) is 19.8.